The summed E-state index contributed by atoms with van der Waals surface area (Å²) in [5, 5.41) is 4.21. The van der Waals surface area contributed by atoms with Crippen LogP contribution < -0.4 is 10.2 Å². The quantitative estimate of drug-likeness (QED) is 0.940. The topological polar surface area (TPSA) is 49.4 Å². The molecule has 0 aliphatic carbocycles. The number of rotatable bonds is 3. The summed E-state index contributed by atoms with van der Waals surface area (Å²) < 4.78 is 0. The zero-order chi connectivity index (χ0) is 14.5. The van der Waals surface area contributed by atoms with E-state index in [1.165, 1.54) is 11.3 Å². The molecule has 0 bridgehead atoms. The molecule has 0 atom stereocenters. The lowest BCUT2D eigenvalue weighted by Gasteiger charge is -2.21. The van der Waals surface area contributed by atoms with Crippen LogP contribution in [0.25, 0.3) is 0 Å². The number of carbonyl (C=O) groups is 2. The molecule has 2 aromatic rings. The number of anilines is 1. The third kappa shape index (κ3) is 3.24. The highest BCUT2D eigenvalue weighted by atomic mass is 32.1. The standard InChI is InChI=1S/C15H16N2O2S/c1-3-17(12-7-4-6-11(2)10-12)15(19)16-14(18)13-8-5-9-20-13/h4-10H,3H2,1-2H3,(H,16,18,19). The van der Waals surface area contributed by atoms with E-state index >= 15 is 0 Å². The summed E-state index contributed by atoms with van der Waals surface area (Å²) >= 11 is 1.31. The van der Waals surface area contributed by atoms with Gasteiger partial charge in [0, 0.05) is 12.2 Å². The Morgan fingerprint density at radius 2 is 2.05 bits per heavy atom. The molecule has 1 aromatic carbocycles. The first-order chi connectivity index (χ1) is 9.61. The summed E-state index contributed by atoms with van der Waals surface area (Å²) in [6.45, 7) is 4.33. The molecule has 20 heavy (non-hydrogen) atoms. The van der Waals surface area contributed by atoms with E-state index in [-0.39, 0.29) is 5.91 Å². The van der Waals surface area contributed by atoms with E-state index in [4.69, 9.17) is 0 Å². The van der Waals surface area contributed by atoms with Crippen molar-refractivity contribution in [2.45, 2.75) is 13.8 Å². The number of benzene rings is 1. The van der Waals surface area contributed by atoms with Crippen LogP contribution in [-0.2, 0) is 0 Å². The summed E-state index contributed by atoms with van der Waals surface area (Å²) in [5.74, 6) is -0.365. The summed E-state index contributed by atoms with van der Waals surface area (Å²) in [7, 11) is 0. The highest BCUT2D eigenvalue weighted by Gasteiger charge is 2.17. The van der Waals surface area contributed by atoms with Gasteiger partial charge in [-0.3, -0.25) is 15.0 Å². The number of nitrogens with zero attached hydrogens (tertiary/aromatic N) is 1. The normalized spacial score (nSPS) is 10.1. The van der Waals surface area contributed by atoms with Gasteiger partial charge in [-0.2, -0.15) is 0 Å². The summed E-state index contributed by atoms with van der Waals surface area (Å²) in [6, 6.07) is 10.7. The number of hydrogen-bond donors (Lipinski definition) is 1. The molecule has 0 spiro atoms. The molecule has 1 aromatic heterocycles. The van der Waals surface area contributed by atoms with Gasteiger partial charge >= 0.3 is 6.03 Å². The van der Waals surface area contributed by atoms with E-state index in [1.807, 2.05) is 38.1 Å². The van der Waals surface area contributed by atoms with Gasteiger partial charge in [0.05, 0.1) is 4.88 Å². The first kappa shape index (κ1) is 14.3. The lowest BCUT2D eigenvalue weighted by Crippen LogP contribution is -2.42. The number of urea groups is 1. The molecule has 0 unspecified atom stereocenters. The average Bonchev–Trinajstić information content (AvgIpc) is 2.93. The minimum Gasteiger partial charge on any atom is -0.294 e. The third-order valence-corrected chi connectivity index (χ3v) is 3.71. The lowest BCUT2D eigenvalue weighted by atomic mass is 10.2. The summed E-state index contributed by atoms with van der Waals surface area (Å²) in [6.07, 6.45) is 0. The van der Waals surface area contributed by atoms with Gasteiger partial charge in [-0.25, -0.2) is 4.79 Å². The Morgan fingerprint density at radius 1 is 1.25 bits per heavy atom. The molecule has 5 heteroatoms. The second-order valence-electron chi connectivity index (χ2n) is 4.32. The highest BCUT2D eigenvalue weighted by Crippen LogP contribution is 2.16. The molecule has 0 fully saturated rings. The molecule has 3 amide bonds. The molecule has 2 rings (SSSR count). The number of hydrogen-bond acceptors (Lipinski definition) is 3. The number of imide groups is 1. The molecule has 4 nitrogen and oxygen atoms in total. The van der Waals surface area contributed by atoms with E-state index in [2.05, 4.69) is 5.32 Å². The molecular weight excluding hydrogens is 272 g/mol. The van der Waals surface area contributed by atoms with Crippen LogP contribution in [0.1, 0.15) is 22.2 Å². The Balaban J connectivity index is 2.12. The zero-order valence-electron chi connectivity index (χ0n) is 11.4. The van der Waals surface area contributed by atoms with Gasteiger partial charge in [-0.1, -0.05) is 18.2 Å². The van der Waals surface area contributed by atoms with Crippen LogP contribution in [0.15, 0.2) is 41.8 Å². The first-order valence-electron chi connectivity index (χ1n) is 6.35. The molecule has 0 saturated carbocycles. The van der Waals surface area contributed by atoms with Crippen molar-refractivity contribution in [3.63, 3.8) is 0 Å². The van der Waals surface area contributed by atoms with Gasteiger partial charge in [0.25, 0.3) is 5.91 Å². The van der Waals surface area contributed by atoms with Crippen molar-refractivity contribution in [1.82, 2.24) is 5.32 Å². The highest BCUT2D eigenvalue weighted by molar-refractivity contribution is 7.12. The molecule has 1 N–H and O–H groups in total. The van der Waals surface area contributed by atoms with Gasteiger partial charge in [0.15, 0.2) is 0 Å². The van der Waals surface area contributed by atoms with E-state index < -0.39 is 6.03 Å². The van der Waals surface area contributed by atoms with Gasteiger partial charge in [-0.05, 0) is 43.0 Å². The monoisotopic (exact) mass is 288 g/mol. The van der Waals surface area contributed by atoms with Gasteiger partial charge in [0.2, 0.25) is 0 Å². The summed E-state index contributed by atoms with van der Waals surface area (Å²) in [4.78, 5) is 26.1. The molecule has 104 valence electrons. The number of carbonyl (C=O) groups excluding carboxylic acids is 2. The maximum atomic E-state index is 12.2. The third-order valence-electron chi connectivity index (χ3n) is 2.84. The zero-order valence-corrected chi connectivity index (χ0v) is 12.2. The van der Waals surface area contributed by atoms with Crippen LogP contribution in [0.5, 0.6) is 0 Å². The lowest BCUT2D eigenvalue weighted by molar-refractivity contribution is 0.0969. The van der Waals surface area contributed by atoms with Gasteiger partial charge < -0.3 is 0 Å². The average molecular weight is 288 g/mol. The van der Waals surface area contributed by atoms with Crippen molar-refractivity contribution in [2.75, 3.05) is 11.4 Å². The van der Waals surface area contributed by atoms with Crippen molar-refractivity contribution in [2.24, 2.45) is 0 Å². The summed E-state index contributed by atoms with van der Waals surface area (Å²) in [5.41, 5.74) is 1.85. The molecular formula is C15H16N2O2S. The predicted molar refractivity (Wildman–Crippen MR) is 81.4 cm³/mol. The molecule has 0 saturated heterocycles. The van der Waals surface area contributed by atoms with Crippen molar-refractivity contribution in [3.05, 3.63) is 52.2 Å². The second kappa shape index (κ2) is 6.34. The first-order valence-corrected chi connectivity index (χ1v) is 7.22. The van der Waals surface area contributed by atoms with E-state index in [0.717, 1.165) is 11.3 Å². The molecule has 1 heterocycles. The minimum atomic E-state index is -0.406. The van der Waals surface area contributed by atoms with E-state index in [0.29, 0.717) is 11.4 Å². The number of amides is 3. The predicted octanol–water partition coefficient (Wildman–Crippen LogP) is 3.43. The Bertz CT molecular complexity index is 608. The van der Waals surface area contributed by atoms with Crippen LogP contribution in [0.2, 0.25) is 0 Å². The van der Waals surface area contributed by atoms with E-state index in [9.17, 15) is 9.59 Å². The fraction of sp³-hybridized carbons (Fsp3) is 0.200. The maximum Gasteiger partial charge on any atom is 0.328 e. The number of aryl methyl sites for hydroxylation is 1. The smallest absolute Gasteiger partial charge is 0.294 e. The van der Waals surface area contributed by atoms with Crippen LogP contribution in [-0.4, -0.2) is 18.5 Å². The number of thiophene rings is 1. The van der Waals surface area contributed by atoms with Crippen molar-refractivity contribution < 1.29 is 9.59 Å². The van der Waals surface area contributed by atoms with Crippen molar-refractivity contribution >= 4 is 29.0 Å². The Hall–Kier alpha value is -2.14. The van der Waals surface area contributed by atoms with Crippen LogP contribution in [0.4, 0.5) is 10.5 Å². The Labute approximate surface area is 122 Å². The SMILES string of the molecule is CCN(C(=O)NC(=O)c1cccs1)c1cccc(C)c1. The van der Waals surface area contributed by atoms with E-state index in [1.54, 1.807) is 22.4 Å². The fourth-order valence-electron chi connectivity index (χ4n) is 1.87. The maximum absolute atomic E-state index is 12.2. The van der Waals surface area contributed by atoms with Crippen molar-refractivity contribution in [1.29, 1.82) is 0 Å². The van der Waals surface area contributed by atoms with Crippen LogP contribution in [0, 0.1) is 6.92 Å². The largest absolute Gasteiger partial charge is 0.328 e. The Morgan fingerprint density at radius 3 is 2.65 bits per heavy atom. The second-order valence-corrected chi connectivity index (χ2v) is 5.27. The van der Waals surface area contributed by atoms with Crippen molar-refractivity contribution in [3.8, 4) is 0 Å². The van der Waals surface area contributed by atoms with Crippen LogP contribution in [0.3, 0.4) is 0 Å². The molecule has 0 aliphatic heterocycles. The number of nitrogens with one attached hydrogen (secondary N) is 1. The van der Waals surface area contributed by atoms with Gasteiger partial charge in [0.1, 0.15) is 0 Å². The molecule has 0 aliphatic rings. The van der Waals surface area contributed by atoms with Crippen LogP contribution >= 0.6 is 11.3 Å². The van der Waals surface area contributed by atoms with Gasteiger partial charge in [-0.15, -0.1) is 11.3 Å². The minimum absolute atomic E-state index is 0.365. The Kier molecular flexibility index (Phi) is 4.53. The molecule has 0 radical (unpaired) electrons. The fourth-order valence-corrected chi connectivity index (χ4v) is 2.49.